The predicted octanol–water partition coefficient (Wildman–Crippen LogP) is 4.34. The van der Waals surface area contributed by atoms with Crippen molar-refractivity contribution in [1.82, 2.24) is 9.78 Å². The van der Waals surface area contributed by atoms with Crippen LogP contribution < -0.4 is 4.72 Å². The van der Waals surface area contributed by atoms with Crippen molar-refractivity contribution < 1.29 is 8.42 Å². The van der Waals surface area contributed by atoms with E-state index in [1.807, 2.05) is 24.3 Å². The molecule has 0 aliphatic heterocycles. The Balaban J connectivity index is 1.75. The van der Waals surface area contributed by atoms with Gasteiger partial charge in [0.25, 0.3) is 10.0 Å². The Morgan fingerprint density at radius 2 is 1.88 bits per heavy atom. The summed E-state index contributed by atoms with van der Waals surface area (Å²) >= 11 is 5.87. The first-order valence-electron chi connectivity index (χ1n) is 8.35. The smallest absolute Gasteiger partial charge is 0.261 e. The number of aromatic nitrogens is 2. The maximum atomic E-state index is 12.6. The SMILES string of the molecule is CCCc1ccc(S(=O)(=O)Nc2cccc(Cn3cc(Cl)cn3)c2)cc1. The van der Waals surface area contributed by atoms with Gasteiger partial charge < -0.3 is 0 Å². The minimum Gasteiger partial charge on any atom is -0.280 e. The first-order chi connectivity index (χ1) is 12.5. The summed E-state index contributed by atoms with van der Waals surface area (Å²) in [6.07, 6.45) is 5.25. The van der Waals surface area contributed by atoms with Gasteiger partial charge in [0, 0.05) is 11.9 Å². The van der Waals surface area contributed by atoms with Crippen molar-refractivity contribution in [3.63, 3.8) is 0 Å². The summed E-state index contributed by atoms with van der Waals surface area (Å²) in [5.41, 5.74) is 2.56. The highest BCUT2D eigenvalue weighted by molar-refractivity contribution is 7.92. The van der Waals surface area contributed by atoms with Gasteiger partial charge in [0.15, 0.2) is 0 Å². The first kappa shape index (κ1) is 18.5. The van der Waals surface area contributed by atoms with E-state index in [1.54, 1.807) is 41.3 Å². The molecule has 0 amide bonds. The molecular formula is C19H20ClN3O2S. The molecule has 1 N–H and O–H groups in total. The highest BCUT2D eigenvalue weighted by Gasteiger charge is 2.14. The zero-order valence-electron chi connectivity index (χ0n) is 14.4. The molecule has 26 heavy (non-hydrogen) atoms. The lowest BCUT2D eigenvalue weighted by molar-refractivity contribution is 0.601. The zero-order valence-corrected chi connectivity index (χ0v) is 16.0. The molecule has 0 radical (unpaired) electrons. The van der Waals surface area contributed by atoms with Gasteiger partial charge in [0.05, 0.1) is 22.7 Å². The van der Waals surface area contributed by atoms with Crippen LogP contribution in [0.3, 0.4) is 0 Å². The van der Waals surface area contributed by atoms with Gasteiger partial charge in [-0.1, -0.05) is 49.2 Å². The summed E-state index contributed by atoms with van der Waals surface area (Å²) in [4.78, 5) is 0.251. The van der Waals surface area contributed by atoms with E-state index in [1.165, 1.54) is 0 Å². The Labute approximate surface area is 158 Å². The quantitative estimate of drug-likeness (QED) is 0.653. The van der Waals surface area contributed by atoms with Gasteiger partial charge in [-0.3, -0.25) is 9.40 Å². The molecule has 0 unspecified atom stereocenters. The largest absolute Gasteiger partial charge is 0.280 e. The Morgan fingerprint density at radius 3 is 2.54 bits per heavy atom. The van der Waals surface area contributed by atoms with E-state index in [0.29, 0.717) is 17.3 Å². The van der Waals surface area contributed by atoms with Crippen molar-refractivity contribution in [2.75, 3.05) is 4.72 Å². The van der Waals surface area contributed by atoms with Crippen molar-refractivity contribution in [2.45, 2.75) is 31.2 Å². The van der Waals surface area contributed by atoms with Crippen LogP contribution in [0.25, 0.3) is 0 Å². The fraction of sp³-hybridized carbons (Fsp3) is 0.211. The Hall–Kier alpha value is -2.31. The fourth-order valence-electron chi connectivity index (χ4n) is 2.68. The summed E-state index contributed by atoms with van der Waals surface area (Å²) in [7, 11) is -3.62. The summed E-state index contributed by atoms with van der Waals surface area (Å²) < 4.78 is 29.5. The third-order valence-electron chi connectivity index (χ3n) is 3.90. The average molecular weight is 390 g/mol. The van der Waals surface area contributed by atoms with Crippen LogP contribution in [-0.2, 0) is 23.0 Å². The lowest BCUT2D eigenvalue weighted by Gasteiger charge is -2.10. The predicted molar refractivity (Wildman–Crippen MR) is 104 cm³/mol. The summed E-state index contributed by atoms with van der Waals surface area (Å²) in [5, 5.41) is 4.70. The summed E-state index contributed by atoms with van der Waals surface area (Å²) in [6, 6.07) is 14.2. The van der Waals surface area contributed by atoms with Crippen LogP contribution in [0.15, 0.2) is 65.8 Å². The minimum atomic E-state index is -3.62. The van der Waals surface area contributed by atoms with E-state index in [2.05, 4.69) is 16.7 Å². The van der Waals surface area contributed by atoms with E-state index in [-0.39, 0.29) is 4.90 Å². The molecule has 136 valence electrons. The second-order valence-corrected chi connectivity index (χ2v) is 8.17. The Morgan fingerprint density at radius 1 is 1.12 bits per heavy atom. The molecule has 3 aromatic rings. The van der Waals surface area contributed by atoms with Gasteiger partial charge >= 0.3 is 0 Å². The van der Waals surface area contributed by atoms with E-state index < -0.39 is 10.0 Å². The van der Waals surface area contributed by atoms with Crippen LogP contribution in [0.2, 0.25) is 5.02 Å². The van der Waals surface area contributed by atoms with E-state index in [0.717, 1.165) is 24.0 Å². The molecule has 0 saturated heterocycles. The molecule has 5 nitrogen and oxygen atoms in total. The molecule has 0 aliphatic carbocycles. The maximum Gasteiger partial charge on any atom is 0.261 e. The molecule has 1 aromatic heterocycles. The van der Waals surface area contributed by atoms with Gasteiger partial charge in [-0.05, 0) is 41.8 Å². The highest BCUT2D eigenvalue weighted by Crippen LogP contribution is 2.19. The topological polar surface area (TPSA) is 64.0 Å². The molecule has 0 saturated carbocycles. The number of hydrogen-bond donors (Lipinski definition) is 1. The molecule has 2 aromatic carbocycles. The van der Waals surface area contributed by atoms with Crippen molar-refractivity contribution in [2.24, 2.45) is 0 Å². The van der Waals surface area contributed by atoms with Gasteiger partial charge in [-0.25, -0.2) is 8.42 Å². The number of nitrogens with one attached hydrogen (secondary N) is 1. The van der Waals surface area contributed by atoms with Crippen LogP contribution in [0.1, 0.15) is 24.5 Å². The van der Waals surface area contributed by atoms with Gasteiger partial charge in [-0.2, -0.15) is 5.10 Å². The van der Waals surface area contributed by atoms with Crippen molar-refractivity contribution in [1.29, 1.82) is 0 Å². The number of aryl methyl sites for hydroxylation is 1. The lowest BCUT2D eigenvalue weighted by Crippen LogP contribution is -2.13. The molecule has 1 heterocycles. The minimum absolute atomic E-state index is 0.251. The van der Waals surface area contributed by atoms with E-state index >= 15 is 0 Å². The van der Waals surface area contributed by atoms with Crippen LogP contribution in [0.4, 0.5) is 5.69 Å². The number of sulfonamides is 1. The summed E-state index contributed by atoms with van der Waals surface area (Å²) in [5.74, 6) is 0. The molecule has 3 rings (SSSR count). The Kier molecular flexibility index (Phi) is 5.64. The fourth-order valence-corrected chi connectivity index (χ4v) is 3.89. The molecule has 0 bridgehead atoms. The van der Waals surface area contributed by atoms with E-state index in [4.69, 9.17) is 11.6 Å². The summed E-state index contributed by atoms with van der Waals surface area (Å²) in [6.45, 7) is 2.60. The number of anilines is 1. The second kappa shape index (κ2) is 7.93. The number of benzene rings is 2. The number of halogens is 1. The lowest BCUT2D eigenvalue weighted by atomic mass is 10.1. The first-order valence-corrected chi connectivity index (χ1v) is 10.2. The average Bonchev–Trinajstić information content (AvgIpc) is 3.00. The van der Waals surface area contributed by atoms with Crippen molar-refractivity contribution in [3.05, 3.63) is 77.1 Å². The molecule has 0 aliphatic rings. The second-order valence-electron chi connectivity index (χ2n) is 6.06. The van der Waals surface area contributed by atoms with Gasteiger partial charge in [0.1, 0.15) is 0 Å². The normalized spacial score (nSPS) is 11.5. The third kappa shape index (κ3) is 4.65. The van der Waals surface area contributed by atoms with Crippen LogP contribution in [0.5, 0.6) is 0 Å². The molecule has 0 fully saturated rings. The van der Waals surface area contributed by atoms with Crippen molar-refractivity contribution in [3.8, 4) is 0 Å². The third-order valence-corrected chi connectivity index (χ3v) is 5.49. The highest BCUT2D eigenvalue weighted by atomic mass is 35.5. The van der Waals surface area contributed by atoms with Crippen LogP contribution in [0, 0.1) is 0 Å². The standard InChI is InChI=1S/C19H20ClN3O2S/c1-2-4-15-7-9-19(10-8-15)26(24,25)22-18-6-3-5-16(11-18)13-23-14-17(20)12-21-23/h3,5-12,14,22H,2,4,13H2,1H3. The molecule has 0 atom stereocenters. The van der Waals surface area contributed by atoms with Gasteiger partial charge in [-0.15, -0.1) is 0 Å². The monoisotopic (exact) mass is 389 g/mol. The van der Waals surface area contributed by atoms with Crippen LogP contribution >= 0.6 is 11.6 Å². The van der Waals surface area contributed by atoms with E-state index in [9.17, 15) is 8.42 Å². The number of rotatable bonds is 7. The maximum absolute atomic E-state index is 12.6. The molecule has 7 heteroatoms. The number of hydrogen-bond acceptors (Lipinski definition) is 3. The Bertz CT molecular complexity index is 982. The van der Waals surface area contributed by atoms with Crippen LogP contribution in [-0.4, -0.2) is 18.2 Å². The number of nitrogens with zero attached hydrogens (tertiary/aromatic N) is 2. The molecule has 0 spiro atoms. The van der Waals surface area contributed by atoms with Gasteiger partial charge in [0.2, 0.25) is 0 Å². The van der Waals surface area contributed by atoms with Crippen molar-refractivity contribution >= 4 is 27.3 Å². The molecular weight excluding hydrogens is 370 g/mol. The zero-order chi connectivity index (χ0) is 18.6.